The monoisotopic (exact) mass is 279 g/mol. The summed E-state index contributed by atoms with van der Waals surface area (Å²) in [4.78, 5) is 0. The molecule has 0 unspecified atom stereocenters. The zero-order valence-electron chi connectivity index (χ0n) is 11.7. The largest absolute Gasteiger partial charge is 0.505 e. The molecule has 3 aromatic carbocycles. The molecule has 6 N–H and O–H groups in total. The number of phenolic OH excluding ortho intramolecular Hbond substituents is 1. The molecule has 4 heteroatoms. The van der Waals surface area contributed by atoms with Gasteiger partial charge in [0.25, 0.3) is 0 Å². The van der Waals surface area contributed by atoms with Gasteiger partial charge in [-0.25, -0.2) is 0 Å². The third-order valence-electron chi connectivity index (χ3n) is 3.56. The third kappa shape index (κ3) is 2.43. The lowest BCUT2D eigenvalue weighted by Crippen LogP contribution is -1.93. The summed E-state index contributed by atoms with van der Waals surface area (Å²) in [5, 5.41) is 15.1. The van der Waals surface area contributed by atoms with Crippen molar-refractivity contribution in [2.24, 2.45) is 0 Å². The molecule has 0 aliphatic rings. The van der Waals surface area contributed by atoms with Crippen molar-refractivity contribution in [2.45, 2.75) is 6.92 Å². The van der Waals surface area contributed by atoms with E-state index in [0.717, 1.165) is 33.4 Å². The molecule has 0 bridgehead atoms. The van der Waals surface area contributed by atoms with Crippen molar-refractivity contribution in [2.75, 3.05) is 16.8 Å². The highest BCUT2D eigenvalue weighted by atomic mass is 16.3. The molecule has 0 saturated carbocycles. The first-order valence-corrected chi connectivity index (χ1v) is 6.69. The summed E-state index contributed by atoms with van der Waals surface area (Å²) < 4.78 is 0. The SMILES string of the molecule is Cc1cc2cc(Nc3ccc(N)cc3)ccc2c(O)c1N. The summed E-state index contributed by atoms with van der Waals surface area (Å²) in [5.74, 6) is 0.143. The van der Waals surface area contributed by atoms with Gasteiger partial charge in [-0.15, -0.1) is 0 Å². The van der Waals surface area contributed by atoms with E-state index in [1.165, 1.54) is 0 Å². The van der Waals surface area contributed by atoms with E-state index in [1.54, 1.807) is 0 Å². The van der Waals surface area contributed by atoms with E-state index in [4.69, 9.17) is 11.5 Å². The highest BCUT2D eigenvalue weighted by Crippen LogP contribution is 2.35. The van der Waals surface area contributed by atoms with Crippen LogP contribution in [0, 0.1) is 6.92 Å². The maximum absolute atomic E-state index is 10.1. The smallest absolute Gasteiger partial charge is 0.146 e. The summed E-state index contributed by atoms with van der Waals surface area (Å²) in [6.45, 7) is 1.88. The van der Waals surface area contributed by atoms with Gasteiger partial charge >= 0.3 is 0 Å². The first-order chi connectivity index (χ1) is 10.0. The zero-order chi connectivity index (χ0) is 15.0. The number of fused-ring (bicyclic) bond motifs is 1. The lowest BCUT2D eigenvalue weighted by Gasteiger charge is -2.11. The second-order valence-corrected chi connectivity index (χ2v) is 5.14. The van der Waals surface area contributed by atoms with Crippen molar-refractivity contribution in [1.29, 1.82) is 0 Å². The predicted octanol–water partition coefficient (Wildman–Crippen LogP) is 3.76. The van der Waals surface area contributed by atoms with Crippen LogP contribution in [0.1, 0.15) is 5.56 Å². The standard InChI is InChI=1S/C17H17N3O/c1-10-8-11-9-14(6-7-15(11)17(21)16(10)19)20-13-4-2-12(18)3-5-13/h2-9,20-21H,18-19H2,1H3. The average Bonchev–Trinajstić information content (AvgIpc) is 2.47. The molecule has 3 aromatic rings. The Morgan fingerprint density at radius 2 is 1.57 bits per heavy atom. The third-order valence-corrected chi connectivity index (χ3v) is 3.56. The van der Waals surface area contributed by atoms with Gasteiger partial charge in [-0.05, 0) is 66.4 Å². The van der Waals surface area contributed by atoms with E-state index in [0.29, 0.717) is 5.69 Å². The van der Waals surface area contributed by atoms with Crippen LogP contribution < -0.4 is 16.8 Å². The molecule has 0 aliphatic heterocycles. The molecule has 0 amide bonds. The van der Waals surface area contributed by atoms with E-state index >= 15 is 0 Å². The van der Waals surface area contributed by atoms with Gasteiger partial charge in [-0.3, -0.25) is 0 Å². The van der Waals surface area contributed by atoms with Gasteiger partial charge in [0.05, 0.1) is 5.69 Å². The molecule has 3 rings (SSSR count). The average molecular weight is 279 g/mol. The van der Waals surface area contributed by atoms with Crippen molar-refractivity contribution >= 4 is 33.5 Å². The number of rotatable bonds is 2. The predicted molar refractivity (Wildman–Crippen MR) is 88.9 cm³/mol. The summed E-state index contributed by atoms with van der Waals surface area (Å²) in [7, 11) is 0. The normalized spacial score (nSPS) is 10.7. The van der Waals surface area contributed by atoms with Crippen molar-refractivity contribution in [3.8, 4) is 5.75 Å². The number of benzene rings is 3. The van der Waals surface area contributed by atoms with E-state index in [1.807, 2.05) is 55.5 Å². The molecular formula is C17H17N3O. The topological polar surface area (TPSA) is 84.3 Å². The number of hydrogen-bond donors (Lipinski definition) is 4. The number of nitrogens with two attached hydrogens (primary N) is 2. The number of aromatic hydroxyl groups is 1. The maximum Gasteiger partial charge on any atom is 0.146 e. The van der Waals surface area contributed by atoms with Gasteiger partial charge in [0.15, 0.2) is 0 Å². The Kier molecular flexibility index (Phi) is 3.06. The minimum atomic E-state index is 0.143. The summed E-state index contributed by atoms with van der Waals surface area (Å²) >= 11 is 0. The lowest BCUT2D eigenvalue weighted by atomic mass is 10.0. The van der Waals surface area contributed by atoms with Gasteiger partial charge in [0, 0.05) is 22.4 Å². The summed E-state index contributed by atoms with van der Waals surface area (Å²) in [6.07, 6.45) is 0. The number of aryl methyl sites for hydroxylation is 1. The Balaban J connectivity index is 2.01. The van der Waals surface area contributed by atoms with Gasteiger partial charge < -0.3 is 21.9 Å². The number of nitrogens with one attached hydrogen (secondary N) is 1. The molecular weight excluding hydrogens is 262 g/mol. The van der Waals surface area contributed by atoms with Crippen LogP contribution in [0.3, 0.4) is 0 Å². The first-order valence-electron chi connectivity index (χ1n) is 6.69. The second kappa shape index (κ2) is 4.90. The van der Waals surface area contributed by atoms with Crippen LogP contribution in [0.25, 0.3) is 10.8 Å². The fourth-order valence-corrected chi connectivity index (χ4v) is 2.35. The molecule has 106 valence electrons. The molecule has 0 aliphatic carbocycles. The van der Waals surface area contributed by atoms with Gasteiger partial charge in [0.2, 0.25) is 0 Å². The highest BCUT2D eigenvalue weighted by Gasteiger charge is 2.08. The zero-order valence-corrected chi connectivity index (χ0v) is 11.7. The van der Waals surface area contributed by atoms with Crippen LogP contribution in [0.4, 0.5) is 22.7 Å². The van der Waals surface area contributed by atoms with Gasteiger partial charge in [-0.2, -0.15) is 0 Å². The van der Waals surface area contributed by atoms with Crippen LogP contribution in [-0.4, -0.2) is 5.11 Å². The number of anilines is 4. The quantitative estimate of drug-likeness (QED) is 0.425. The van der Waals surface area contributed by atoms with Crippen molar-refractivity contribution in [1.82, 2.24) is 0 Å². The van der Waals surface area contributed by atoms with E-state index in [-0.39, 0.29) is 5.75 Å². The molecule has 0 radical (unpaired) electrons. The van der Waals surface area contributed by atoms with E-state index < -0.39 is 0 Å². The highest BCUT2D eigenvalue weighted by molar-refractivity contribution is 5.96. The van der Waals surface area contributed by atoms with Crippen molar-refractivity contribution in [3.05, 3.63) is 54.1 Å². The van der Waals surface area contributed by atoms with Crippen molar-refractivity contribution < 1.29 is 5.11 Å². The number of hydrogen-bond acceptors (Lipinski definition) is 4. The fraction of sp³-hybridized carbons (Fsp3) is 0.0588. The van der Waals surface area contributed by atoms with E-state index in [9.17, 15) is 5.11 Å². The Bertz CT molecular complexity index is 810. The first kappa shape index (κ1) is 13.1. The number of nitrogen functional groups attached to an aromatic ring is 2. The van der Waals surface area contributed by atoms with Gasteiger partial charge in [0.1, 0.15) is 5.75 Å². The molecule has 0 atom stereocenters. The molecule has 0 heterocycles. The maximum atomic E-state index is 10.1. The molecule has 0 spiro atoms. The Morgan fingerprint density at radius 3 is 2.29 bits per heavy atom. The van der Waals surface area contributed by atoms with Gasteiger partial charge in [-0.1, -0.05) is 0 Å². The van der Waals surface area contributed by atoms with Crippen LogP contribution in [-0.2, 0) is 0 Å². The molecule has 21 heavy (non-hydrogen) atoms. The van der Waals surface area contributed by atoms with Crippen LogP contribution in [0.5, 0.6) is 5.75 Å². The minimum Gasteiger partial charge on any atom is -0.505 e. The Hall–Kier alpha value is -2.88. The van der Waals surface area contributed by atoms with Crippen LogP contribution in [0.2, 0.25) is 0 Å². The molecule has 0 saturated heterocycles. The fourth-order valence-electron chi connectivity index (χ4n) is 2.35. The van der Waals surface area contributed by atoms with Crippen LogP contribution in [0.15, 0.2) is 48.5 Å². The Morgan fingerprint density at radius 1 is 0.905 bits per heavy atom. The van der Waals surface area contributed by atoms with E-state index in [2.05, 4.69) is 5.32 Å². The summed E-state index contributed by atoms with van der Waals surface area (Å²) in [6, 6.07) is 15.3. The van der Waals surface area contributed by atoms with Crippen molar-refractivity contribution in [3.63, 3.8) is 0 Å². The molecule has 0 aromatic heterocycles. The molecule has 4 nitrogen and oxygen atoms in total. The second-order valence-electron chi connectivity index (χ2n) is 5.14. The lowest BCUT2D eigenvalue weighted by molar-refractivity contribution is 0.484. The number of phenols is 1. The summed E-state index contributed by atoms with van der Waals surface area (Å²) in [5.41, 5.74) is 15.4. The molecule has 0 fully saturated rings. The van der Waals surface area contributed by atoms with Crippen LogP contribution >= 0.6 is 0 Å². The minimum absolute atomic E-state index is 0.143. The Labute approximate surface area is 123 Å².